The minimum Gasteiger partial charge on any atom is -0.493 e. The van der Waals surface area contributed by atoms with Gasteiger partial charge in [0.2, 0.25) is 0 Å². The molecule has 1 aliphatic rings. The summed E-state index contributed by atoms with van der Waals surface area (Å²) in [4.78, 5) is 23.9. The van der Waals surface area contributed by atoms with E-state index in [-0.39, 0.29) is 11.9 Å². The third-order valence-electron chi connectivity index (χ3n) is 6.25. The summed E-state index contributed by atoms with van der Waals surface area (Å²) in [6, 6.07) is 13.7. The number of anilines is 1. The monoisotopic (exact) mass is 526 g/mol. The number of halogens is 1. The lowest BCUT2D eigenvalue weighted by Crippen LogP contribution is -2.31. The smallest absolute Gasteiger partial charge is 0.251 e. The molecule has 0 saturated heterocycles. The van der Waals surface area contributed by atoms with Crippen LogP contribution in [-0.2, 0) is 18.7 Å². The molecule has 36 heavy (non-hydrogen) atoms. The lowest BCUT2D eigenvalue weighted by atomic mass is 9.99. The Morgan fingerprint density at radius 2 is 1.89 bits per heavy atom. The molecule has 2 aromatic carbocycles. The highest BCUT2D eigenvalue weighted by Gasteiger charge is 2.21. The van der Waals surface area contributed by atoms with Gasteiger partial charge in [0.25, 0.3) is 5.91 Å². The number of methoxy groups -OCH3 is 2. The number of nitrogens with one attached hydrogen (secondary N) is 1. The number of carbonyl (C=O) groups is 1. The highest BCUT2D eigenvalue weighted by Crippen LogP contribution is 2.35. The molecule has 1 amide bonds. The summed E-state index contributed by atoms with van der Waals surface area (Å²) in [7, 11) is 3.30. The van der Waals surface area contributed by atoms with E-state index in [2.05, 4.69) is 21.3 Å². The Morgan fingerprint density at radius 1 is 1.14 bits per heavy atom. The second-order valence-electron chi connectivity index (χ2n) is 8.75. The molecule has 1 atom stereocenters. The first-order valence-electron chi connectivity index (χ1n) is 12.0. The molecule has 0 aliphatic carbocycles. The van der Waals surface area contributed by atoms with Crippen molar-refractivity contribution >= 4 is 35.1 Å². The number of carbonyl (C=O) groups excluding carboxylic acids is 1. The highest BCUT2D eigenvalue weighted by molar-refractivity contribution is 7.98. The number of nitrogens with zero attached hydrogens (tertiary/aromatic N) is 3. The van der Waals surface area contributed by atoms with Crippen molar-refractivity contribution in [3.8, 4) is 11.5 Å². The predicted molar refractivity (Wildman–Crippen MR) is 145 cm³/mol. The third-order valence-corrected chi connectivity index (χ3v) is 7.36. The van der Waals surface area contributed by atoms with Crippen LogP contribution in [0, 0.1) is 0 Å². The number of ether oxygens (including phenoxy) is 2. The van der Waals surface area contributed by atoms with E-state index in [1.54, 1.807) is 20.3 Å². The van der Waals surface area contributed by atoms with Crippen LogP contribution in [0.2, 0.25) is 5.15 Å². The van der Waals surface area contributed by atoms with Gasteiger partial charge in [-0.15, -0.1) is 0 Å². The highest BCUT2D eigenvalue weighted by atomic mass is 35.5. The number of thioether (sulfide) groups is 1. The van der Waals surface area contributed by atoms with E-state index in [1.807, 2.05) is 44.2 Å². The Balaban J connectivity index is 1.46. The van der Waals surface area contributed by atoms with Gasteiger partial charge in [-0.05, 0) is 60.7 Å². The molecule has 0 spiro atoms. The molecule has 7 nitrogen and oxygen atoms in total. The molecule has 0 saturated carbocycles. The first-order valence-corrected chi connectivity index (χ1v) is 13.3. The molecule has 1 aromatic heterocycles. The average Bonchev–Trinajstić information content (AvgIpc) is 2.90. The SMILES string of the molecule is CCC(C)NC(=O)c1cccc(CSc2nc(Cl)cc(N3CCc4cc(OC)c(OC)cc4C3)n2)c1. The Bertz CT molecular complexity index is 1240. The minimum absolute atomic E-state index is 0.0582. The number of benzene rings is 2. The number of hydrogen-bond donors (Lipinski definition) is 1. The molecule has 0 fully saturated rings. The van der Waals surface area contributed by atoms with Gasteiger partial charge in [0.1, 0.15) is 11.0 Å². The summed E-state index contributed by atoms with van der Waals surface area (Å²) in [5, 5.41) is 4.02. The Labute approximate surface area is 221 Å². The number of amides is 1. The van der Waals surface area contributed by atoms with Crippen LogP contribution in [-0.4, -0.2) is 42.7 Å². The fraction of sp³-hybridized carbons (Fsp3) is 0.370. The van der Waals surface area contributed by atoms with Crippen LogP contribution in [0.4, 0.5) is 5.82 Å². The van der Waals surface area contributed by atoms with Gasteiger partial charge < -0.3 is 19.7 Å². The summed E-state index contributed by atoms with van der Waals surface area (Å²) >= 11 is 7.89. The van der Waals surface area contributed by atoms with Gasteiger partial charge in [-0.1, -0.05) is 42.4 Å². The number of aromatic nitrogens is 2. The average molecular weight is 527 g/mol. The van der Waals surface area contributed by atoms with Crippen molar-refractivity contribution in [2.24, 2.45) is 0 Å². The number of rotatable bonds is 9. The maximum absolute atomic E-state index is 12.5. The van der Waals surface area contributed by atoms with Gasteiger partial charge in [-0.3, -0.25) is 4.79 Å². The summed E-state index contributed by atoms with van der Waals surface area (Å²) < 4.78 is 10.9. The minimum atomic E-state index is -0.0582. The Kier molecular flexibility index (Phi) is 8.59. The quantitative estimate of drug-likeness (QED) is 0.223. The Morgan fingerprint density at radius 3 is 2.61 bits per heavy atom. The van der Waals surface area contributed by atoms with E-state index >= 15 is 0 Å². The van der Waals surface area contributed by atoms with Crippen molar-refractivity contribution < 1.29 is 14.3 Å². The molecule has 1 N–H and O–H groups in total. The molecule has 3 aromatic rings. The topological polar surface area (TPSA) is 76.6 Å². The zero-order chi connectivity index (χ0) is 25.7. The van der Waals surface area contributed by atoms with Gasteiger partial charge in [0.05, 0.1) is 14.2 Å². The Hall–Kier alpha value is -2.97. The van der Waals surface area contributed by atoms with Gasteiger partial charge in [-0.2, -0.15) is 0 Å². The standard InChI is InChI=1S/C27H31ClN4O3S/c1-5-17(2)29-26(33)20-8-6-7-18(11-20)16-36-27-30-24(28)14-25(31-27)32-10-9-19-12-22(34-3)23(35-4)13-21(19)15-32/h6-8,11-14,17H,5,9-10,15-16H2,1-4H3,(H,29,33). The predicted octanol–water partition coefficient (Wildman–Crippen LogP) is 5.53. The van der Waals surface area contributed by atoms with E-state index in [4.69, 9.17) is 26.1 Å². The summed E-state index contributed by atoms with van der Waals surface area (Å²) in [6.45, 7) is 5.56. The van der Waals surface area contributed by atoms with Crippen molar-refractivity contribution in [1.29, 1.82) is 0 Å². The second kappa shape index (κ2) is 11.8. The van der Waals surface area contributed by atoms with E-state index in [1.165, 1.54) is 22.9 Å². The van der Waals surface area contributed by atoms with Gasteiger partial charge in [-0.25, -0.2) is 9.97 Å². The lowest BCUT2D eigenvalue weighted by molar-refractivity contribution is 0.0939. The number of hydrogen-bond acceptors (Lipinski definition) is 7. The van der Waals surface area contributed by atoms with Gasteiger partial charge in [0, 0.05) is 36.5 Å². The van der Waals surface area contributed by atoms with Crippen LogP contribution >= 0.6 is 23.4 Å². The van der Waals surface area contributed by atoms with Crippen molar-refractivity contribution in [1.82, 2.24) is 15.3 Å². The van der Waals surface area contributed by atoms with Crippen molar-refractivity contribution in [3.63, 3.8) is 0 Å². The van der Waals surface area contributed by atoms with Crippen LogP contribution < -0.4 is 19.7 Å². The number of fused-ring (bicyclic) bond motifs is 1. The van der Waals surface area contributed by atoms with Crippen molar-refractivity contribution in [3.05, 3.63) is 69.9 Å². The molecule has 0 radical (unpaired) electrons. The van der Waals surface area contributed by atoms with Crippen molar-refractivity contribution in [2.45, 2.75) is 50.2 Å². The van der Waals surface area contributed by atoms with Crippen LogP contribution in [0.5, 0.6) is 11.5 Å². The largest absolute Gasteiger partial charge is 0.493 e. The van der Waals surface area contributed by atoms with E-state index < -0.39 is 0 Å². The molecule has 1 unspecified atom stereocenters. The van der Waals surface area contributed by atoms with Crippen molar-refractivity contribution in [2.75, 3.05) is 25.7 Å². The summed E-state index contributed by atoms with van der Waals surface area (Å²) in [5.74, 6) is 2.83. The normalized spacial score (nSPS) is 13.6. The zero-order valence-electron chi connectivity index (χ0n) is 21.0. The molecule has 4 rings (SSSR count). The maximum atomic E-state index is 12.5. The first kappa shape index (κ1) is 26.1. The van der Waals surface area contributed by atoms with E-state index in [0.29, 0.717) is 28.2 Å². The second-order valence-corrected chi connectivity index (χ2v) is 10.1. The molecule has 2 heterocycles. The lowest BCUT2D eigenvalue weighted by Gasteiger charge is -2.30. The van der Waals surface area contributed by atoms with Crippen LogP contribution in [0.3, 0.4) is 0 Å². The summed E-state index contributed by atoms with van der Waals surface area (Å²) in [6.07, 6.45) is 1.76. The molecular weight excluding hydrogens is 496 g/mol. The first-order chi connectivity index (χ1) is 17.4. The molecular formula is C27H31ClN4O3S. The molecule has 190 valence electrons. The van der Waals surface area contributed by atoms with Gasteiger partial charge in [0.15, 0.2) is 16.7 Å². The van der Waals surface area contributed by atoms with Gasteiger partial charge >= 0.3 is 0 Å². The van der Waals surface area contributed by atoms with E-state index in [9.17, 15) is 4.79 Å². The zero-order valence-corrected chi connectivity index (χ0v) is 22.6. The van der Waals surface area contributed by atoms with E-state index in [0.717, 1.165) is 42.3 Å². The maximum Gasteiger partial charge on any atom is 0.251 e. The third kappa shape index (κ3) is 6.23. The fourth-order valence-corrected chi connectivity index (χ4v) is 5.07. The van der Waals surface area contributed by atoms with Crippen LogP contribution in [0.25, 0.3) is 0 Å². The summed E-state index contributed by atoms with van der Waals surface area (Å²) in [5.41, 5.74) is 4.10. The molecule has 9 heteroatoms. The van der Waals surface area contributed by atoms with Crippen LogP contribution in [0.15, 0.2) is 47.6 Å². The fourth-order valence-electron chi connectivity index (χ4n) is 4.05. The van der Waals surface area contributed by atoms with Crippen LogP contribution in [0.1, 0.15) is 47.3 Å². The molecule has 1 aliphatic heterocycles. The molecule has 0 bridgehead atoms.